The quantitative estimate of drug-likeness (QED) is 0.768. The lowest BCUT2D eigenvalue weighted by molar-refractivity contribution is -0.119. The van der Waals surface area contributed by atoms with E-state index in [4.69, 9.17) is 0 Å². The van der Waals surface area contributed by atoms with Crippen molar-refractivity contribution in [1.82, 2.24) is 20.1 Å². The average Bonchev–Trinajstić information content (AvgIpc) is 2.98. The third kappa shape index (κ3) is 5.34. The second-order valence-electron chi connectivity index (χ2n) is 7.55. The van der Waals surface area contributed by atoms with Gasteiger partial charge in [-0.05, 0) is 50.8 Å². The van der Waals surface area contributed by atoms with Crippen molar-refractivity contribution >= 4 is 17.7 Å². The zero-order valence-electron chi connectivity index (χ0n) is 16.6. The number of nitrogens with one attached hydrogen (secondary N) is 1. The molecule has 3 rings (SSSR count). The molecule has 5 nitrogen and oxygen atoms in total. The Morgan fingerprint density at radius 2 is 1.81 bits per heavy atom. The lowest BCUT2D eigenvalue weighted by Crippen LogP contribution is -2.36. The molecule has 0 radical (unpaired) electrons. The number of carbonyl (C=O) groups is 1. The number of hydrogen-bond donors (Lipinski definition) is 1. The van der Waals surface area contributed by atoms with E-state index in [1.54, 1.807) is 0 Å². The average molecular weight is 387 g/mol. The van der Waals surface area contributed by atoms with Crippen LogP contribution in [-0.4, -0.2) is 32.5 Å². The van der Waals surface area contributed by atoms with Crippen LogP contribution in [0.5, 0.6) is 0 Å². The van der Waals surface area contributed by atoms with Crippen molar-refractivity contribution in [3.05, 3.63) is 35.2 Å². The van der Waals surface area contributed by atoms with Crippen LogP contribution in [0.4, 0.5) is 0 Å². The maximum Gasteiger partial charge on any atom is 0.230 e. The lowest BCUT2D eigenvalue weighted by atomic mass is 9.97. The van der Waals surface area contributed by atoms with Gasteiger partial charge < -0.3 is 5.32 Å². The summed E-state index contributed by atoms with van der Waals surface area (Å²) in [7, 11) is 0. The highest BCUT2D eigenvalue weighted by Gasteiger charge is 2.17. The van der Waals surface area contributed by atoms with Crippen LogP contribution < -0.4 is 5.32 Å². The van der Waals surface area contributed by atoms with Gasteiger partial charge in [0.15, 0.2) is 5.16 Å². The fourth-order valence-corrected chi connectivity index (χ4v) is 4.48. The van der Waals surface area contributed by atoms with E-state index in [2.05, 4.69) is 52.1 Å². The molecule has 0 unspecified atom stereocenters. The van der Waals surface area contributed by atoms with E-state index in [1.165, 1.54) is 55.0 Å². The predicted octanol–water partition coefficient (Wildman–Crippen LogP) is 4.51. The molecular weight excluding hydrogens is 356 g/mol. The summed E-state index contributed by atoms with van der Waals surface area (Å²) in [4.78, 5) is 12.5. The van der Waals surface area contributed by atoms with Gasteiger partial charge in [0.25, 0.3) is 0 Å². The molecule has 1 aromatic heterocycles. The number of hydrogen-bond acceptors (Lipinski definition) is 4. The zero-order chi connectivity index (χ0) is 19.2. The van der Waals surface area contributed by atoms with Gasteiger partial charge in [0.05, 0.1) is 11.4 Å². The molecular formula is C21H30N4OS. The summed E-state index contributed by atoms with van der Waals surface area (Å²) < 4.78 is 2.05. The van der Waals surface area contributed by atoms with Crippen LogP contribution in [0.25, 0.3) is 5.69 Å². The highest BCUT2D eigenvalue weighted by atomic mass is 32.2. The van der Waals surface area contributed by atoms with Crippen LogP contribution in [0.2, 0.25) is 0 Å². The number of benzene rings is 1. The highest BCUT2D eigenvalue weighted by molar-refractivity contribution is 7.99. The van der Waals surface area contributed by atoms with Gasteiger partial charge in [-0.25, -0.2) is 0 Å². The molecule has 2 aromatic rings. The van der Waals surface area contributed by atoms with Crippen molar-refractivity contribution in [3.63, 3.8) is 0 Å². The number of rotatable bonds is 5. The Hall–Kier alpha value is -1.82. The van der Waals surface area contributed by atoms with Gasteiger partial charge in [0.1, 0.15) is 5.82 Å². The van der Waals surface area contributed by atoms with E-state index in [0.29, 0.717) is 11.8 Å². The van der Waals surface area contributed by atoms with Crippen LogP contribution in [0, 0.1) is 20.8 Å². The molecule has 6 heteroatoms. The molecule has 1 aromatic carbocycles. The van der Waals surface area contributed by atoms with Gasteiger partial charge in [-0.3, -0.25) is 9.36 Å². The lowest BCUT2D eigenvalue weighted by Gasteiger charge is -2.21. The molecule has 0 aliphatic heterocycles. The van der Waals surface area contributed by atoms with Gasteiger partial charge >= 0.3 is 0 Å². The smallest absolute Gasteiger partial charge is 0.230 e. The van der Waals surface area contributed by atoms with Crippen LogP contribution >= 0.6 is 11.8 Å². The molecule has 1 N–H and O–H groups in total. The number of aryl methyl sites for hydroxylation is 3. The minimum atomic E-state index is 0.0961. The number of aromatic nitrogens is 3. The standard InChI is InChI=1S/C21H30N4OS/c1-15-11-12-16(2)19(13-15)25-17(3)23-24-21(25)27-14-20(26)22-18-9-7-5-4-6-8-10-18/h11-13,18H,4-10,14H2,1-3H3,(H,22,26). The Morgan fingerprint density at radius 3 is 2.56 bits per heavy atom. The van der Waals surface area contributed by atoms with Gasteiger partial charge in [0, 0.05) is 6.04 Å². The molecule has 0 bridgehead atoms. The number of nitrogens with zero attached hydrogens (tertiary/aromatic N) is 3. The monoisotopic (exact) mass is 386 g/mol. The largest absolute Gasteiger partial charge is 0.353 e. The van der Waals surface area contributed by atoms with Crippen LogP contribution in [0.1, 0.15) is 61.9 Å². The van der Waals surface area contributed by atoms with Gasteiger partial charge in [-0.2, -0.15) is 0 Å². The van der Waals surface area contributed by atoms with E-state index in [9.17, 15) is 4.79 Å². The fourth-order valence-electron chi connectivity index (χ4n) is 3.67. The summed E-state index contributed by atoms with van der Waals surface area (Å²) in [5.74, 6) is 1.31. The Bertz CT molecular complexity index is 778. The van der Waals surface area contributed by atoms with Crippen molar-refractivity contribution < 1.29 is 4.79 Å². The fraction of sp³-hybridized carbons (Fsp3) is 0.571. The normalized spacial score (nSPS) is 16.0. The second-order valence-corrected chi connectivity index (χ2v) is 8.50. The summed E-state index contributed by atoms with van der Waals surface area (Å²) in [5, 5.41) is 12.5. The molecule has 0 spiro atoms. The molecule has 146 valence electrons. The second kappa shape index (κ2) is 9.40. The topological polar surface area (TPSA) is 59.8 Å². The SMILES string of the molecule is Cc1ccc(C)c(-n2c(C)nnc2SCC(=O)NC2CCCCCCC2)c1. The van der Waals surface area contributed by atoms with Crippen molar-refractivity contribution in [2.75, 3.05) is 5.75 Å². The molecule has 1 aliphatic rings. The van der Waals surface area contributed by atoms with E-state index in [0.717, 1.165) is 29.5 Å². The molecule has 1 saturated carbocycles. The van der Waals surface area contributed by atoms with E-state index >= 15 is 0 Å². The highest BCUT2D eigenvalue weighted by Crippen LogP contribution is 2.25. The predicted molar refractivity (Wildman–Crippen MR) is 111 cm³/mol. The Kier molecular flexibility index (Phi) is 6.94. The summed E-state index contributed by atoms with van der Waals surface area (Å²) in [6.45, 7) is 6.12. The van der Waals surface area contributed by atoms with Crippen LogP contribution in [0.3, 0.4) is 0 Å². The maximum atomic E-state index is 12.5. The van der Waals surface area contributed by atoms with Gasteiger partial charge in [0.2, 0.25) is 5.91 Å². The first-order chi connectivity index (χ1) is 13.0. The van der Waals surface area contributed by atoms with Gasteiger partial charge in [-0.1, -0.05) is 56.0 Å². The first-order valence-corrected chi connectivity index (χ1v) is 10.9. The summed E-state index contributed by atoms with van der Waals surface area (Å²) in [6, 6.07) is 6.69. The minimum Gasteiger partial charge on any atom is -0.353 e. The molecule has 1 heterocycles. The number of amides is 1. The molecule has 1 fully saturated rings. The number of carbonyl (C=O) groups excluding carboxylic acids is 1. The van der Waals surface area contributed by atoms with Crippen molar-refractivity contribution in [2.45, 2.75) is 76.9 Å². The Balaban J connectivity index is 1.64. The zero-order valence-corrected chi connectivity index (χ0v) is 17.4. The van der Waals surface area contributed by atoms with E-state index < -0.39 is 0 Å². The Morgan fingerprint density at radius 1 is 1.11 bits per heavy atom. The van der Waals surface area contributed by atoms with Crippen molar-refractivity contribution in [1.29, 1.82) is 0 Å². The van der Waals surface area contributed by atoms with E-state index in [1.807, 2.05) is 6.92 Å². The van der Waals surface area contributed by atoms with E-state index in [-0.39, 0.29) is 5.91 Å². The first kappa shape index (κ1) is 19.9. The molecule has 27 heavy (non-hydrogen) atoms. The van der Waals surface area contributed by atoms with Crippen molar-refractivity contribution in [3.8, 4) is 5.69 Å². The number of thioether (sulfide) groups is 1. The summed E-state index contributed by atoms with van der Waals surface area (Å²) in [6.07, 6.45) is 8.57. The first-order valence-electron chi connectivity index (χ1n) is 9.96. The van der Waals surface area contributed by atoms with Crippen LogP contribution in [-0.2, 0) is 4.79 Å². The third-order valence-corrected chi connectivity index (χ3v) is 6.13. The van der Waals surface area contributed by atoms with Crippen LogP contribution in [0.15, 0.2) is 23.4 Å². The molecule has 1 aliphatic carbocycles. The molecule has 0 atom stereocenters. The molecule has 0 saturated heterocycles. The summed E-state index contributed by atoms with van der Waals surface area (Å²) >= 11 is 1.46. The summed E-state index contributed by atoms with van der Waals surface area (Å²) in [5.41, 5.74) is 3.45. The van der Waals surface area contributed by atoms with Gasteiger partial charge in [-0.15, -0.1) is 10.2 Å². The molecule has 1 amide bonds. The van der Waals surface area contributed by atoms with Crippen molar-refractivity contribution in [2.24, 2.45) is 0 Å². The third-order valence-electron chi connectivity index (χ3n) is 5.20. The minimum absolute atomic E-state index is 0.0961. The Labute approximate surface area is 166 Å². The maximum absolute atomic E-state index is 12.5.